The Morgan fingerprint density at radius 3 is 2.81 bits per heavy atom. The van der Waals surface area contributed by atoms with E-state index >= 15 is 0 Å². The van der Waals surface area contributed by atoms with Gasteiger partial charge in [-0.25, -0.2) is 5.43 Å². The van der Waals surface area contributed by atoms with Gasteiger partial charge in [-0.3, -0.25) is 14.6 Å². The standard InChI is InChI=1S/C9H8N4O2S/c10-8(14)5-1-2-6(11-3-5)7-4-16-9(15)13-12-7/h1-3H,4H2,(H2,10,14)(H,13,15). The number of pyridine rings is 1. The highest BCUT2D eigenvalue weighted by atomic mass is 32.2. The fraction of sp³-hybridized carbons (Fsp3) is 0.111. The molecule has 7 heteroatoms. The van der Waals surface area contributed by atoms with Crippen molar-refractivity contribution >= 4 is 28.6 Å². The van der Waals surface area contributed by atoms with Gasteiger partial charge in [0, 0.05) is 11.9 Å². The quantitative estimate of drug-likeness (QED) is 0.773. The fourth-order valence-electron chi connectivity index (χ4n) is 1.15. The van der Waals surface area contributed by atoms with Crippen LogP contribution < -0.4 is 11.2 Å². The highest BCUT2D eigenvalue weighted by Gasteiger charge is 2.14. The number of hydrogen-bond donors (Lipinski definition) is 2. The van der Waals surface area contributed by atoms with Crippen LogP contribution in [0.3, 0.4) is 0 Å². The first-order valence-corrected chi connectivity index (χ1v) is 5.41. The lowest BCUT2D eigenvalue weighted by Crippen LogP contribution is -2.24. The van der Waals surface area contributed by atoms with Gasteiger partial charge in [0.15, 0.2) is 0 Å². The number of nitrogens with one attached hydrogen (secondary N) is 1. The van der Waals surface area contributed by atoms with E-state index in [2.05, 4.69) is 15.5 Å². The van der Waals surface area contributed by atoms with Crippen molar-refractivity contribution < 1.29 is 9.59 Å². The van der Waals surface area contributed by atoms with Crippen molar-refractivity contribution in [1.82, 2.24) is 10.4 Å². The number of amides is 2. The van der Waals surface area contributed by atoms with Crippen molar-refractivity contribution in [2.24, 2.45) is 10.8 Å². The molecule has 2 rings (SSSR count). The van der Waals surface area contributed by atoms with Crippen LogP contribution in [0.25, 0.3) is 0 Å². The highest BCUT2D eigenvalue weighted by molar-refractivity contribution is 8.14. The molecule has 0 atom stereocenters. The molecule has 0 aliphatic carbocycles. The second-order valence-corrected chi connectivity index (χ2v) is 3.99. The van der Waals surface area contributed by atoms with Crippen molar-refractivity contribution in [3.8, 4) is 0 Å². The van der Waals surface area contributed by atoms with E-state index in [4.69, 9.17) is 5.73 Å². The van der Waals surface area contributed by atoms with Gasteiger partial charge in [0.1, 0.15) is 0 Å². The van der Waals surface area contributed by atoms with Crippen LogP contribution in [0.1, 0.15) is 16.1 Å². The average molecular weight is 236 g/mol. The molecule has 1 aliphatic rings. The summed E-state index contributed by atoms with van der Waals surface area (Å²) in [6.07, 6.45) is 1.39. The first-order chi connectivity index (χ1) is 7.66. The largest absolute Gasteiger partial charge is 0.366 e. The number of primary amides is 1. The molecule has 82 valence electrons. The molecule has 0 spiro atoms. The number of nitrogens with two attached hydrogens (primary N) is 1. The van der Waals surface area contributed by atoms with Crippen LogP contribution >= 0.6 is 11.8 Å². The van der Waals surface area contributed by atoms with Crippen LogP contribution in [0, 0.1) is 0 Å². The minimum absolute atomic E-state index is 0.183. The zero-order chi connectivity index (χ0) is 11.5. The van der Waals surface area contributed by atoms with Crippen molar-refractivity contribution in [2.45, 2.75) is 0 Å². The Hall–Kier alpha value is -1.89. The third kappa shape index (κ3) is 2.19. The topological polar surface area (TPSA) is 97.4 Å². The summed E-state index contributed by atoms with van der Waals surface area (Å²) >= 11 is 1.12. The summed E-state index contributed by atoms with van der Waals surface area (Å²) in [5, 5.41) is 3.69. The SMILES string of the molecule is NC(=O)c1ccc(C2=NNC(=O)SC2)nc1. The predicted molar refractivity (Wildman–Crippen MR) is 60.3 cm³/mol. The molecule has 0 bridgehead atoms. The van der Waals surface area contributed by atoms with Crippen LogP contribution in [-0.2, 0) is 0 Å². The van der Waals surface area contributed by atoms with E-state index in [1.165, 1.54) is 6.20 Å². The number of hydrogen-bond acceptors (Lipinski definition) is 5. The lowest BCUT2D eigenvalue weighted by atomic mass is 10.2. The molecule has 0 saturated carbocycles. The molecule has 0 unspecified atom stereocenters. The van der Waals surface area contributed by atoms with Crippen molar-refractivity contribution in [1.29, 1.82) is 0 Å². The van der Waals surface area contributed by atoms with E-state index in [-0.39, 0.29) is 5.24 Å². The molecule has 1 aromatic heterocycles. The highest BCUT2D eigenvalue weighted by Crippen LogP contribution is 2.11. The molecular weight excluding hydrogens is 228 g/mol. The van der Waals surface area contributed by atoms with E-state index in [0.29, 0.717) is 22.7 Å². The van der Waals surface area contributed by atoms with Crippen molar-refractivity contribution in [3.63, 3.8) is 0 Å². The molecule has 16 heavy (non-hydrogen) atoms. The second kappa shape index (κ2) is 4.31. The Morgan fingerprint density at radius 2 is 2.31 bits per heavy atom. The van der Waals surface area contributed by atoms with Gasteiger partial charge in [-0.2, -0.15) is 5.10 Å². The maximum absolute atomic E-state index is 10.8. The number of nitrogens with zero attached hydrogens (tertiary/aromatic N) is 2. The molecule has 6 nitrogen and oxygen atoms in total. The first kappa shape index (κ1) is 10.6. The Bertz CT molecular complexity index is 469. The molecular formula is C9H8N4O2S. The summed E-state index contributed by atoms with van der Waals surface area (Å²) in [5.74, 6) is -0.0540. The average Bonchev–Trinajstić information content (AvgIpc) is 2.30. The Balaban J connectivity index is 2.22. The predicted octanol–water partition coefficient (Wildman–Crippen LogP) is 0.341. The zero-order valence-corrected chi connectivity index (χ0v) is 8.95. The van der Waals surface area contributed by atoms with Gasteiger partial charge in [0.25, 0.3) is 5.24 Å². The van der Waals surface area contributed by atoms with E-state index in [0.717, 1.165) is 11.8 Å². The zero-order valence-electron chi connectivity index (χ0n) is 8.14. The van der Waals surface area contributed by atoms with Gasteiger partial charge < -0.3 is 5.73 Å². The maximum Gasteiger partial charge on any atom is 0.299 e. The summed E-state index contributed by atoms with van der Waals surface area (Å²) in [6.45, 7) is 0. The van der Waals surface area contributed by atoms with Gasteiger partial charge in [0.2, 0.25) is 5.91 Å². The van der Waals surface area contributed by atoms with Crippen molar-refractivity contribution in [2.75, 3.05) is 5.75 Å². The van der Waals surface area contributed by atoms with E-state index in [1.807, 2.05) is 0 Å². The summed E-state index contributed by atoms with van der Waals surface area (Å²) in [5.41, 5.74) is 9.07. The van der Waals surface area contributed by atoms with Crippen LogP contribution in [0.5, 0.6) is 0 Å². The third-order valence-corrected chi connectivity index (χ3v) is 2.74. The summed E-state index contributed by atoms with van der Waals surface area (Å²) in [7, 11) is 0. The monoisotopic (exact) mass is 236 g/mol. The van der Waals surface area contributed by atoms with Crippen molar-refractivity contribution in [3.05, 3.63) is 29.6 Å². The number of carbonyl (C=O) groups is 2. The molecule has 2 amide bonds. The van der Waals surface area contributed by atoms with Crippen LogP contribution in [0.4, 0.5) is 4.79 Å². The maximum atomic E-state index is 10.8. The number of carbonyl (C=O) groups excluding carboxylic acids is 2. The molecule has 0 aromatic carbocycles. The van der Waals surface area contributed by atoms with Gasteiger partial charge in [0.05, 0.1) is 17.0 Å². The number of thioether (sulfide) groups is 1. The molecule has 1 aliphatic heterocycles. The molecule has 0 fully saturated rings. The number of rotatable bonds is 2. The van der Waals surface area contributed by atoms with E-state index < -0.39 is 5.91 Å². The second-order valence-electron chi connectivity index (χ2n) is 3.04. The first-order valence-electron chi connectivity index (χ1n) is 4.42. The number of aromatic nitrogens is 1. The third-order valence-electron chi connectivity index (χ3n) is 1.97. The summed E-state index contributed by atoms with van der Waals surface area (Å²) in [4.78, 5) is 25.7. The molecule has 0 radical (unpaired) electrons. The van der Waals surface area contributed by atoms with E-state index in [9.17, 15) is 9.59 Å². The minimum Gasteiger partial charge on any atom is -0.366 e. The van der Waals surface area contributed by atoms with Gasteiger partial charge >= 0.3 is 0 Å². The van der Waals surface area contributed by atoms with Gasteiger partial charge in [-0.1, -0.05) is 11.8 Å². The normalized spacial score (nSPS) is 15.2. The Labute approximate surface area is 95.3 Å². The van der Waals surface area contributed by atoms with Gasteiger partial charge in [-0.05, 0) is 12.1 Å². The van der Waals surface area contributed by atoms with Crippen LogP contribution in [0.2, 0.25) is 0 Å². The number of hydrazone groups is 1. The van der Waals surface area contributed by atoms with Gasteiger partial charge in [-0.15, -0.1) is 0 Å². The van der Waals surface area contributed by atoms with Crippen LogP contribution in [0.15, 0.2) is 23.4 Å². The summed E-state index contributed by atoms with van der Waals surface area (Å²) < 4.78 is 0. The lowest BCUT2D eigenvalue weighted by Gasteiger charge is -2.10. The van der Waals surface area contributed by atoms with Crippen LogP contribution in [-0.4, -0.2) is 27.6 Å². The Morgan fingerprint density at radius 1 is 1.50 bits per heavy atom. The van der Waals surface area contributed by atoms with E-state index in [1.54, 1.807) is 12.1 Å². The molecule has 0 saturated heterocycles. The smallest absolute Gasteiger partial charge is 0.299 e. The minimum atomic E-state index is -0.521. The molecule has 2 heterocycles. The Kier molecular flexibility index (Phi) is 2.86. The lowest BCUT2D eigenvalue weighted by molar-refractivity contribution is 0.1000. The fourth-order valence-corrected chi connectivity index (χ4v) is 1.74. The molecule has 1 aromatic rings. The summed E-state index contributed by atoms with van der Waals surface area (Å²) in [6, 6.07) is 3.23. The molecule has 3 N–H and O–H groups in total.